The average Bonchev–Trinajstić information content (AvgIpc) is 2.69. The lowest BCUT2D eigenvalue weighted by atomic mass is 9.90. The van der Waals surface area contributed by atoms with Gasteiger partial charge in [-0.1, -0.05) is 42.5 Å². The van der Waals surface area contributed by atoms with Crippen LogP contribution < -0.4 is 10.1 Å². The Kier molecular flexibility index (Phi) is 6.27. The summed E-state index contributed by atoms with van der Waals surface area (Å²) in [7, 11) is 1.68. The van der Waals surface area contributed by atoms with Gasteiger partial charge in [0, 0.05) is 19.6 Å². The molecule has 0 bridgehead atoms. The third-order valence-electron chi connectivity index (χ3n) is 5.07. The predicted octanol–water partition coefficient (Wildman–Crippen LogP) is 3.39. The Bertz CT molecular complexity index is 723. The fourth-order valence-electron chi connectivity index (χ4n) is 3.63. The molecule has 1 saturated heterocycles. The minimum atomic E-state index is -0.445. The zero-order valence-corrected chi connectivity index (χ0v) is 15.4. The highest BCUT2D eigenvalue weighted by Crippen LogP contribution is 2.22. The van der Waals surface area contributed by atoms with E-state index in [4.69, 9.17) is 4.74 Å². The van der Waals surface area contributed by atoms with E-state index in [-0.39, 0.29) is 0 Å². The predicted molar refractivity (Wildman–Crippen MR) is 104 cm³/mol. The monoisotopic (exact) mass is 349 g/mol. The smallest absolute Gasteiger partial charge is 0.119 e. The van der Waals surface area contributed by atoms with Crippen LogP contribution in [0.2, 0.25) is 0 Å². The Hall–Kier alpha value is -2.35. The van der Waals surface area contributed by atoms with Crippen LogP contribution in [-0.4, -0.2) is 37.2 Å². The summed E-state index contributed by atoms with van der Waals surface area (Å²) in [6.07, 6.45) is 2.87. The second-order valence-corrected chi connectivity index (χ2v) is 7.02. The number of likely N-dealkylation sites (tertiary alicyclic amines) is 1. The molecule has 1 atom stereocenters. The molecule has 1 N–H and O–H groups in total. The van der Waals surface area contributed by atoms with Crippen molar-refractivity contribution in [3.05, 3.63) is 65.7 Å². The summed E-state index contributed by atoms with van der Waals surface area (Å²) in [5.74, 6) is 0.874. The lowest BCUT2D eigenvalue weighted by Crippen LogP contribution is -2.56. The van der Waals surface area contributed by atoms with Gasteiger partial charge in [-0.25, -0.2) is 0 Å². The Labute approximate surface area is 156 Å². The van der Waals surface area contributed by atoms with E-state index >= 15 is 0 Å². The Balaban J connectivity index is 1.54. The molecule has 0 radical (unpaired) electrons. The van der Waals surface area contributed by atoms with Crippen LogP contribution in [0.3, 0.4) is 0 Å². The molecule has 0 spiro atoms. The van der Waals surface area contributed by atoms with Crippen molar-refractivity contribution in [1.82, 2.24) is 10.2 Å². The highest BCUT2D eigenvalue weighted by Gasteiger charge is 2.34. The largest absolute Gasteiger partial charge is 0.497 e. The average molecular weight is 349 g/mol. The number of nitrogens with zero attached hydrogens (tertiary/aromatic N) is 2. The van der Waals surface area contributed by atoms with Crippen molar-refractivity contribution < 1.29 is 4.74 Å². The van der Waals surface area contributed by atoms with Gasteiger partial charge in [-0.3, -0.25) is 10.2 Å². The fourth-order valence-corrected chi connectivity index (χ4v) is 3.63. The lowest BCUT2D eigenvalue weighted by molar-refractivity contribution is 0.149. The number of piperidine rings is 1. The van der Waals surface area contributed by atoms with E-state index in [0.29, 0.717) is 0 Å². The van der Waals surface area contributed by atoms with Crippen LogP contribution in [0.1, 0.15) is 24.0 Å². The highest BCUT2D eigenvalue weighted by molar-refractivity contribution is 5.27. The SMILES string of the molecule is COc1ccc(CCNC2(C#N)CCCN(Cc3ccccc3)C2)cc1. The topological polar surface area (TPSA) is 48.3 Å². The van der Waals surface area contributed by atoms with Crippen LogP contribution in [0.5, 0.6) is 5.75 Å². The maximum absolute atomic E-state index is 9.84. The Morgan fingerprint density at radius 1 is 1.12 bits per heavy atom. The minimum absolute atomic E-state index is 0.445. The molecule has 1 unspecified atom stereocenters. The van der Waals surface area contributed by atoms with Gasteiger partial charge < -0.3 is 4.74 Å². The van der Waals surface area contributed by atoms with Crippen LogP contribution in [0, 0.1) is 11.3 Å². The lowest BCUT2D eigenvalue weighted by Gasteiger charge is -2.39. The van der Waals surface area contributed by atoms with Gasteiger partial charge in [-0.2, -0.15) is 5.26 Å². The third kappa shape index (κ3) is 4.85. The maximum Gasteiger partial charge on any atom is 0.119 e. The number of hydrogen-bond acceptors (Lipinski definition) is 4. The summed E-state index contributed by atoms with van der Waals surface area (Å²) in [5, 5.41) is 13.4. The molecule has 1 aliphatic rings. The van der Waals surface area contributed by atoms with Crippen molar-refractivity contribution in [3.8, 4) is 11.8 Å². The zero-order valence-electron chi connectivity index (χ0n) is 15.4. The van der Waals surface area contributed by atoms with Crippen LogP contribution in [-0.2, 0) is 13.0 Å². The van der Waals surface area contributed by atoms with E-state index < -0.39 is 5.54 Å². The van der Waals surface area contributed by atoms with Gasteiger partial charge in [0.2, 0.25) is 0 Å². The second-order valence-electron chi connectivity index (χ2n) is 7.02. The molecule has 1 aliphatic heterocycles. The van der Waals surface area contributed by atoms with Crippen LogP contribution in [0.4, 0.5) is 0 Å². The molecule has 4 nitrogen and oxygen atoms in total. The van der Waals surface area contributed by atoms with E-state index in [0.717, 1.165) is 51.2 Å². The molecule has 2 aromatic rings. The van der Waals surface area contributed by atoms with Gasteiger partial charge in [-0.15, -0.1) is 0 Å². The fraction of sp³-hybridized carbons (Fsp3) is 0.409. The summed E-state index contributed by atoms with van der Waals surface area (Å²) in [5.41, 5.74) is 2.11. The Morgan fingerprint density at radius 2 is 1.88 bits per heavy atom. The van der Waals surface area contributed by atoms with E-state index in [9.17, 15) is 5.26 Å². The minimum Gasteiger partial charge on any atom is -0.497 e. The number of methoxy groups -OCH3 is 1. The molecule has 0 amide bonds. The molecular formula is C22H27N3O. The molecule has 136 valence electrons. The maximum atomic E-state index is 9.84. The van der Waals surface area contributed by atoms with E-state index in [1.807, 2.05) is 18.2 Å². The summed E-state index contributed by atoms with van der Waals surface area (Å²) in [6, 6.07) is 21.2. The molecule has 3 rings (SSSR count). The second kappa shape index (κ2) is 8.84. The highest BCUT2D eigenvalue weighted by atomic mass is 16.5. The summed E-state index contributed by atoms with van der Waals surface area (Å²) < 4.78 is 5.20. The van der Waals surface area contributed by atoms with E-state index in [2.05, 4.69) is 52.7 Å². The first-order chi connectivity index (χ1) is 12.7. The number of rotatable bonds is 7. The summed E-state index contributed by atoms with van der Waals surface area (Å²) >= 11 is 0. The van der Waals surface area contributed by atoms with Crippen molar-refractivity contribution in [2.45, 2.75) is 31.3 Å². The summed E-state index contributed by atoms with van der Waals surface area (Å²) in [6.45, 7) is 3.54. The van der Waals surface area contributed by atoms with Crippen molar-refractivity contribution in [1.29, 1.82) is 5.26 Å². The number of hydrogen-bond donors (Lipinski definition) is 1. The summed E-state index contributed by atoms with van der Waals surface area (Å²) in [4.78, 5) is 2.39. The first-order valence-electron chi connectivity index (χ1n) is 9.28. The van der Waals surface area contributed by atoms with E-state index in [1.165, 1.54) is 11.1 Å². The van der Waals surface area contributed by atoms with Crippen molar-refractivity contribution in [2.24, 2.45) is 0 Å². The normalized spacial score (nSPS) is 20.5. The number of ether oxygens (including phenoxy) is 1. The first kappa shape index (κ1) is 18.4. The zero-order chi connectivity index (χ0) is 18.2. The van der Waals surface area contributed by atoms with Crippen molar-refractivity contribution in [3.63, 3.8) is 0 Å². The standard InChI is InChI=1S/C22H27N3O/c1-26-21-10-8-19(9-11-21)12-14-24-22(17-23)13-5-15-25(18-22)16-20-6-3-2-4-7-20/h2-4,6-11,24H,5,12-16,18H2,1H3. The van der Waals surface area contributed by atoms with Gasteiger partial charge in [-0.05, 0) is 49.1 Å². The van der Waals surface area contributed by atoms with Gasteiger partial charge in [0.1, 0.15) is 11.3 Å². The molecule has 0 saturated carbocycles. The van der Waals surface area contributed by atoms with E-state index in [1.54, 1.807) is 7.11 Å². The molecular weight excluding hydrogens is 322 g/mol. The van der Waals surface area contributed by atoms with Gasteiger partial charge in [0.15, 0.2) is 0 Å². The van der Waals surface area contributed by atoms with Gasteiger partial charge in [0.25, 0.3) is 0 Å². The third-order valence-corrected chi connectivity index (χ3v) is 5.07. The first-order valence-corrected chi connectivity index (χ1v) is 9.28. The molecule has 2 aromatic carbocycles. The number of nitriles is 1. The quantitative estimate of drug-likeness (QED) is 0.832. The molecule has 26 heavy (non-hydrogen) atoms. The van der Waals surface area contributed by atoms with Crippen LogP contribution in [0.15, 0.2) is 54.6 Å². The van der Waals surface area contributed by atoms with Crippen molar-refractivity contribution >= 4 is 0 Å². The van der Waals surface area contributed by atoms with Crippen molar-refractivity contribution in [2.75, 3.05) is 26.7 Å². The Morgan fingerprint density at radius 3 is 2.58 bits per heavy atom. The molecule has 1 fully saturated rings. The molecule has 4 heteroatoms. The van der Waals surface area contributed by atoms with Gasteiger partial charge >= 0.3 is 0 Å². The van der Waals surface area contributed by atoms with Gasteiger partial charge in [0.05, 0.1) is 13.2 Å². The number of nitrogens with one attached hydrogen (secondary N) is 1. The van der Waals surface area contributed by atoms with Crippen LogP contribution in [0.25, 0.3) is 0 Å². The molecule has 1 heterocycles. The number of benzene rings is 2. The molecule has 0 aromatic heterocycles. The van der Waals surface area contributed by atoms with Crippen LogP contribution >= 0.6 is 0 Å². The molecule has 0 aliphatic carbocycles.